The summed E-state index contributed by atoms with van der Waals surface area (Å²) in [6.07, 6.45) is 0.921. The number of carbonyl (C=O) groups excluding carboxylic acids is 2. The Morgan fingerprint density at radius 2 is 1.50 bits per heavy atom. The molecule has 5 nitrogen and oxygen atoms in total. The van der Waals surface area contributed by atoms with Crippen LogP contribution in [-0.2, 0) is 16.1 Å². The molecule has 1 atom stereocenters. The average molecular weight is 401 g/mol. The van der Waals surface area contributed by atoms with E-state index < -0.39 is 12.1 Å². The Balaban J connectivity index is 1.51. The van der Waals surface area contributed by atoms with Gasteiger partial charge in [-0.25, -0.2) is 4.79 Å². The molecule has 4 rings (SSSR count). The summed E-state index contributed by atoms with van der Waals surface area (Å²) in [4.78, 5) is 25.8. The Kier molecular flexibility index (Phi) is 6.09. The van der Waals surface area contributed by atoms with Crippen LogP contribution in [0.2, 0.25) is 0 Å². The topological polar surface area (TPSA) is 64.6 Å². The van der Waals surface area contributed by atoms with Gasteiger partial charge in [0.25, 0.3) is 5.91 Å². The molecule has 1 fully saturated rings. The molecular weight excluding hydrogens is 378 g/mol. The van der Waals surface area contributed by atoms with Crippen LogP contribution in [0.15, 0.2) is 84.9 Å². The van der Waals surface area contributed by atoms with E-state index in [1.807, 2.05) is 60.7 Å². The molecule has 0 unspecified atom stereocenters. The number of hydrogen-bond acceptors (Lipinski definition) is 4. The van der Waals surface area contributed by atoms with Gasteiger partial charge in [-0.05, 0) is 31.0 Å². The minimum atomic E-state index is -0.998. The van der Waals surface area contributed by atoms with Crippen molar-refractivity contribution in [2.24, 2.45) is 0 Å². The van der Waals surface area contributed by atoms with Crippen molar-refractivity contribution in [2.75, 3.05) is 0 Å². The van der Waals surface area contributed by atoms with Crippen LogP contribution in [-0.4, -0.2) is 17.9 Å². The summed E-state index contributed by atoms with van der Waals surface area (Å²) < 4.78 is 11.5. The van der Waals surface area contributed by atoms with Crippen LogP contribution in [0.1, 0.15) is 40.4 Å². The Bertz CT molecular complexity index is 1000. The SMILES string of the molecule is O=C(O[C@@H](C(=O)NC1CC1)c1ccccc1)c1ccccc1COc1ccccc1. The van der Waals surface area contributed by atoms with Crippen molar-refractivity contribution in [3.63, 3.8) is 0 Å². The standard InChI is InChI=1S/C25H23NO4/c27-24(26-20-15-16-20)23(18-9-3-1-4-10-18)30-25(28)22-14-8-7-11-19(22)17-29-21-12-5-2-6-13-21/h1-14,20,23H,15-17H2,(H,26,27)/t23-/m1/s1. The van der Waals surface area contributed by atoms with Gasteiger partial charge >= 0.3 is 5.97 Å². The van der Waals surface area contributed by atoms with Crippen molar-refractivity contribution >= 4 is 11.9 Å². The van der Waals surface area contributed by atoms with Crippen molar-refractivity contribution in [1.82, 2.24) is 5.32 Å². The van der Waals surface area contributed by atoms with Crippen LogP contribution in [0.3, 0.4) is 0 Å². The Hall–Kier alpha value is -3.60. The lowest BCUT2D eigenvalue weighted by molar-refractivity contribution is -0.130. The molecule has 1 saturated carbocycles. The van der Waals surface area contributed by atoms with Crippen LogP contribution in [0.5, 0.6) is 5.75 Å². The number of para-hydroxylation sites is 1. The molecule has 0 bridgehead atoms. The van der Waals surface area contributed by atoms with E-state index in [2.05, 4.69) is 5.32 Å². The molecule has 152 valence electrons. The highest BCUT2D eigenvalue weighted by Gasteiger charge is 2.31. The second-order valence-corrected chi connectivity index (χ2v) is 7.24. The van der Waals surface area contributed by atoms with Crippen molar-refractivity contribution in [1.29, 1.82) is 0 Å². The fraction of sp³-hybridized carbons (Fsp3) is 0.200. The third-order valence-electron chi connectivity index (χ3n) is 4.86. The molecule has 3 aromatic carbocycles. The van der Waals surface area contributed by atoms with E-state index in [-0.39, 0.29) is 18.6 Å². The van der Waals surface area contributed by atoms with Gasteiger partial charge in [0.1, 0.15) is 12.4 Å². The van der Waals surface area contributed by atoms with Gasteiger partial charge in [0.2, 0.25) is 6.10 Å². The van der Waals surface area contributed by atoms with E-state index in [1.54, 1.807) is 24.3 Å². The maximum Gasteiger partial charge on any atom is 0.339 e. The maximum absolute atomic E-state index is 13.0. The first-order valence-corrected chi connectivity index (χ1v) is 10.0. The number of ether oxygens (including phenoxy) is 2. The minimum absolute atomic E-state index is 0.175. The molecule has 5 heteroatoms. The number of benzene rings is 3. The minimum Gasteiger partial charge on any atom is -0.489 e. The summed E-state index contributed by atoms with van der Waals surface area (Å²) in [6, 6.07) is 25.8. The number of amides is 1. The lowest BCUT2D eigenvalue weighted by Crippen LogP contribution is -2.33. The quantitative estimate of drug-likeness (QED) is 0.567. The second kappa shape index (κ2) is 9.27. The summed E-state index contributed by atoms with van der Waals surface area (Å²) >= 11 is 0. The van der Waals surface area contributed by atoms with E-state index in [4.69, 9.17) is 9.47 Å². The zero-order valence-electron chi connectivity index (χ0n) is 16.5. The van der Waals surface area contributed by atoms with Gasteiger partial charge in [-0.2, -0.15) is 0 Å². The van der Waals surface area contributed by atoms with E-state index in [9.17, 15) is 9.59 Å². The highest BCUT2D eigenvalue weighted by atomic mass is 16.5. The van der Waals surface area contributed by atoms with Crippen LogP contribution in [0.4, 0.5) is 0 Å². The first kappa shape index (κ1) is 19.7. The summed E-state index contributed by atoms with van der Waals surface area (Å²) in [7, 11) is 0. The molecule has 30 heavy (non-hydrogen) atoms. The lowest BCUT2D eigenvalue weighted by Gasteiger charge is -2.19. The van der Waals surface area contributed by atoms with Gasteiger partial charge < -0.3 is 14.8 Å². The second-order valence-electron chi connectivity index (χ2n) is 7.24. The Morgan fingerprint density at radius 3 is 2.20 bits per heavy atom. The molecule has 0 radical (unpaired) electrons. The molecule has 1 aliphatic carbocycles. The summed E-state index contributed by atoms with van der Waals surface area (Å²) in [5, 5.41) is 2.93. The zero-order valence-corrected chi connectivity index (χ0v) is 16.5. The molecule has 1 amide bonds. The molecule has 1 aliphatic rings. The van der Waals surface area contributed by atoms with Gasteiger partial charge in [0.05, 0.1) is 5.56 Å². The van der Waals surface area contributed by atoms with Gasteiger partial charge in [-0.1, -0.05) is 66.7 Å². The van der Waals surface area contributed by atoms with Crippen LogP contribution in [0, 0.1) is 0 Å². The molecule has 1 N–H and O–H groups in total. The zero-order chi connectivity index (χ0) is 20.8. The first-order valence-electron chi connectivity index (χ1n) is 10.0. The van der Waals surface area contributed by atoms with Crippen molar-refractivity contribution in [2.45, 2.75) is 31.6 Å². The van der Waals surface area contributed by atoms with Gasteiger partial charge in [-0.15, -0.1) is 0 Å². The largest absolute Gasteiger partial charge is 0.489 e. The van der Waals surface area contributed by atoms with E-state index in [0.29, 0.717) is 22.4 Å². The molecule has 0 saturated heterocycles. The normalized spacial score (nSPS) is 13.9. The third-order valence-corrected chi connectivity index (χ3v) is 4.86. The van der Waals surface area contributed by atoms with Gasteiger partial charge in [-0.3, -0.25) is 4.79 Å². The predicted molar refractivity (Wildman–Crippen MR) is 113 cm³/mol. The summed E-state index contributed by atoms with van der Waals surface area (Å²) in [5.74, 6) is -0.135. The maximum atomic E-state index is 13.0. The molecule has 3 aromatic rings. The number of hydrogen-bond donors (Lipinski definition) is 1. The number of rotatable bonds is 8. The fourth-order valence-electron chi connectivity index (χ4n) is 3.10. The number of carbonyl (C=O) groups is 2. The first-order chi connectivity index (χ1) is 14.7. The van der Waals surface area contributed by atoms with E-state index in [1.165, 1.54) is 0 Å². The van der Waals surface area contributed by atoms with E-state index in [0.717, 1.165) is 12.8 Å². The molecular formula is C25H23NO4. The van der Waals surface area contributed by atoms with Gasteiger partial charge in [0, 0.05) is 17.2 Å². The summed E-state index contributed by atoms with van der Waals surface area (Å²) in [5.41, 5.74) is 1.72. The number of nitrogens with one attached hydrogen (secondary N) is 1. The summed E-state index contributed by atoms with van der Waals surface area (Å²) in [6.45, 7) is 0.222. The van der Waals surface area contributed by atoms with Crippen molar-refractivity contribution in [3.05, 3.63) is 102 Å². The van der Waals surface area contributed by atoms with Crippen molar-refractivity contribution < 1.29 is 19.1 Å². The molecule has 0 heterocycles. The highest BCUT2D eigenvalue weighted by molar-refractivity contribution is 5.94. The van der Waals surface area contributed by atoms with E-state index >= 15 is 0 Å². The smallest absolute Gasteiger partial charge is 0.339 e. The van der Waals surface area contributed by atoms with Crippen LogP contribution < -0.4 is 10.1 Å². The highest BCUT2D eigenvalue weighted by Crippen LogP contribution is 2.25. The number of esters is 1. The molecule has 0 aliphatic heterocycles. The fourth-order valence-corrected chi connectivity index (χ4v) is 3.10. The predicted octanol–water partition coefficient (Wildman–Crippen LogP) is 4.44. The van der Waals surface area contributed by atoms with Crippen LogP contribution in [0.25, 0.3) is 0 Å². The van der Waals surface area contributed by atoms with Crippen LogP contribution >= 0.6 is 0 Å². The average Bonchev–Trinajstić information content (AvgIpc) is 3.61. The monoisotopic (exact) mass is 401 g/mol. The lowest BCUT2D eigenvalue weighted by atomic mass is 10.1. The molecule has 0 aromatic heterocycles. The van der Waals surface area contributed by atoms with Gasteiger partial charge in [0.15, 0.2) is 0 Å². The Morgan fingerprint density at radius 1 is 0.867 bits per heavy atom. The van der Waals surface area contributed by atoms with Crippen molar-refractivity contribution in [3.8, 4) is 5.75 Å². The third kappa shape index (κ3) is 5.06. The Labute approximate surface area is 175 Å². The molecule has 0 spiro atoms.